The second kappa shape index (κ2) is 9.34. The number of rotatable bonds is 5. The molecule has 0 spiro atoms. The first-order valence-corrected chi connectivity index (χ1v) is 12.1. The number of para-hydroxylation sites is 2. The molecule has 0 atom stereocenters. The number of carbonyl (C=O) groups is 2. The summed E-state index contributed by atoms with van der Waals surface area (Å²) in [6.07, 6.45) is 5.33. The smallest absolute Gasteiger partial charge is 0.237 e. The molecule has 0 fully saturated rings. The lowest BCUT2D eigenvalue weighted by molar-refractivity contribution is -0.669. The standard InChI is InChI=1S/C30H29N2O3/c1-4-31-22(16-14-20-10-6-8-12-26(20)31)18-24-28(33)29(34)25(30(24)35-3)19-23-17-15-21-11-7-9-13-27(21)32(23)5-2/h6-14,16,18-19H,4-5,15,17H2,1-3H3/q+1. The lowest BCUT2D eigenvalue weighted by Crippen LogP contribution is -2.36. The largest absolute Gasteiger partial charge is 0.495 e. The average molecular weight is 466 g/mol. The topological polar surface area (TPSA) is 50.5 Å². The highest BCUT2D eigenvalue weighted by molar-refractivity contribution is 6.54. The molecule has 0 N–H and O–H groups in total. The van der Waals surface area contributed by atoms with Gasteiger partial charge in [0.25, 0.3) is 0 Å². The first-order chi connectivity index (χ1) is 17.1. The molecule has 1 aliphatic carbocycles. The van der Waals surface area contributed by atoms with Gasteiger partial charge in [0.2, 0.25) is 22.8 Å². The Bertz CT molecular complexity index is 1440. The van der Waals surface area contributed by atoms with Crippen LogP contribution in [-0.2, 0) is 27.3 Å². The van der Waals surface area contributed by atoms with Crippen molar-refractivity contribution < 1.29 is 18.9 Å². The zero-order chi connectivity index (χ0) is 24.5. The minimum absolute atomic E-state index is 0.307. The van der Waals surface area contributed by atoms with Crippen LogP contribution in [0.25, 0.3) is 17.0 Å². The number of nitrogens with zero attached hydrogens (tertiary/aromatic N) is 2. The van der Waals surface area contributed by atoms with Crippen LogP contribution >= 0.6 is 0 Å². The summed E-state index contributed by atoms with van der Waals surface area (Å²) in [5.74, 6) is -0.693. The second-order valence-corrected chi connectivity index (χ2v) is 8.73. The number of ether oxygens (including phenoxy) is 1. The molecule has 3 aromatic rings. The zero-order valence-electron chi connectivity index (χ0n) is 20.4. The number of pyridine rings is 1. The number of allylic oxidation sites excluding steroid dienone is 4. The van der Waals surface area contributed by atoms with Crippen LogP contribution in [0.4, 0.5) is 5.69 Å². The molecule has 35 heavy (non-hydrogen) atoms. The van der Waals surface area contributed by atoms with Gasteiger partial charge >= 0.3 is 0 Å². The number of Topliss-reactive ketones (excluding diaryl/α,β-unsaturated/α-hetero) is 2. The molecular weight excluding hydrogens is 436 g/mol. The van der Waals surface area contributed by atoms with Gasteiger partial charge in [0.15, 0.2) is 0 Å². The molecule has 0 radical (unpaired) electrons. The Morgan fingerprint density at radius 1 is 0.914 bits per heavy atom. The third-order valence-corrected chi connectivity index (χ3v) is 6.88. The Balaban J connectivity index is 1.62. The molecule has 5 heteroatoms. The van der Waals surface area contributed by atoms with Crippen molar-refractivity contribution in [1.82, 2.24) is 0 Å². The lowest BCUT2D eigenvalue weighted by Gasteiger charge is -2.33. The summed E-state index contributed by atoms with van der Waals surface area (Å²) in [5, 5.41) is 1.12. The Morgan fingerprint density at radius 2 is 1.69 bits per heavy atom. The van der Waals surface area contributed by atoms with Gasteiger partial charge in [-0.05, 0) is 56.5 Å². The molecule has 5 rings (SSSR count). The van der Waals surface area contributed by atoms with Gasteiger partial charge in [0, 0.05) is 41.5 Å². The predicted octanol–water partition coefficient (Wildman–Crippen LogP) is 4.94. The van der Waals surface area contributed by atoms with Crippen molar-refractivity contribution in [1.29, 1.82) is 0 Å². The van der Waals surface area contributed by atoms with Crippen LogP contribution in [0.15, 0.2) is 89.3 Å². The van der Waals surface area contributed by atoms with Gasteiger partial charge in [0.1, 0.15) is 12.3 Å². The molecule has 176 valence electrons. The van der Waals surface area contributed by atoms with Crippen LogP contribution in [0.2, 0.25) is 0 Å². The molecule has 2 heterocycles. The van der Waals surface area contributed by atoms with Crippen LogP contribution in [0.5, 0.6) is 0 Å². The molecule has 5 nitrogen and oxygen atoms in total. The van der Waals surface area contributed by atoms with E-state index in [1.54, 1.807) is 6.08 Å². The van der Waals surface area contributed by atoms with Gasteiger partial charge in [-0.25, -0.2) is 0 Å². The van der Waals surface area contributed by atoms with Gasteiger partial charge in [-0.15, -0.1) is 0 Å². The SMILES string of the molecule is CCN1C(=CC2=C(OC)C(=Cc3ccc4ccccc4[n+]3CC)C(=O)C2=O)CCc2ccccc21. The van der Waals surface area contributed by atoms with E-state index >= 15 is 0 Å². The van der Waals surface area contributed by atoms with Crippen LogP contribution in [0, 0.1) is 0 Å². The maximum Gasteiger partial charge on any atom is 0.237 e. The molecule has 0 unspecified atom stereocenters. The van der Waals surface area contributed by atoms with E-state index in [-0.39, 0.29) is 0 Å². The van der Waals surface area contributed by atoms with Crippen molar-refractivity contribution in [3.05, 3.63) is 101 Å². The van der Waals surface area contributed by atoms with E-state index in [4.69, 9.17) is 4.74 Å². The second-order valence-electron chi connectivity index (χ2n) is 8.73. The van der Waals surface area contributed by atoms with E-state index in [1.165, 1.54) is 12.7 Å². The number of aryl methyl sites for hydroxylation is 2. The van der Waals surface area contributed by atoms with E-state index in [1.807, 2.05) is 36.4 Å². The Morgan fingerprint density at radius 3 is 2.46 bits per heavy atom. The maximum atomic E-state index is 13.2. The van der Waals surface area contributed by atoms with Crippen molar-refractivity contribution in [3.8, 4) is 0 Å². The third-order valence-electron chi connectivity index (χ3n) is 6.88. The molecule has 0 saturated carbocycles. The van der Waals surface area contributed by atoms with E-state index in [0.717, 1.165) is 53.9 Å². The fraction of sp³-hybridized carbons (Fsp3) is 0.233. The molecule has 1 aromatic heterocycles. The number of fused-ring (bicyclic) bond motifs is 2. The summed E-state index contributed by atoms with van der Waals surface area (Å²) < 4.78 is 7.83. The van der Waals surface area contributed by atoms with Crippen molar-refractivity contribution >= 4 is 34.2 Å². The van der Waals surface area contributed by atoms with Crippen LogP contribution in [-0.4, -0.2) is 25.2 Å². The highest BCUT2D eigenvalue weighted by atomic mass is 16.5. The number of benzene rings is 2. The monoisotopic (exact) mass is 465 g/mol. The fourth-order valence-electron chi connectivity index (χ4n) is 5.21. The quantitative estimate of drug-likeness (QED) is 0.304. The normalized spacial score (nSPS) is 18.2. The van der Waals surface area contributed by atoms with E-state index in [2.05, 4.69) is 53.6 Å². The highest BCUT2D eigenvalue weighted by Crippen LogP contribution is 2.36. The number of hydrogen-bond acceptors (Lipinski definition) is 4. The minimum Gasteiger partial charge on any atom is -0.495 e. The van der Waals surface area contributed by atoms with Crippen LogP contribution in [0.3, 0.4) is 0 Å². The van der Waals surface area contributed by atoms with Crippen molar-refractivity contribution in [2.75, 3.05) is 18.6 Å². The molecule has 0 saturated heterocycles. The van der Waals surface area contributed by atoms with Gasteiger partial charge in [-0.3, -0.25) is 9.59 Å². The highest BCUT2D eigenvalue weighted by Gasteiger charge is 2.38. The molecule has 0 amide bonds. The summed E-state index contributed by atoms with van der Waals surface area (Å²) in [7, 11) is 1.52. The van der Waals surface area contributed by atoms with Gasteiger partial charge in [-0.1, -0.05) is 30.3 Å². The number of aromatic nitrogens is 1. The summed E-state index contributed by atoms with van der Waals surface area (Å²) in [4.78, 5) is 28.5. The Kier molecular flexibility index (Phi) is 6.08. The predicted molar refractivity (Wildman–Crippen MR) is 138 cm³/mol. The van der Waals surface area contributed by atoms with Gasteiger partial charge in [0.05, 0.1) is 18.3 Å². The molecular formula is C30H29N2O3+. The van der Waals surface area contributed by atoms with Crippen LogP contribution in [0.1, 0.15) is 31.5 Å². The third kappa shape index (κ3) is 3.87. The summed E-state index contributed by atoms with van der Waals surface area (Å²) >= 11 is 0. The Labute approximate surface area is 205 Å². The lowest BCUT2D eigenvalue weighted by atomic mass is 9.97. The average Bonchev–Trinajstić information content (AvgIpc) is 3.12. The van der Waals surface area contributed by atoms with E-state index < -0.39 is 11.6 Å². The molecule has 2 aliphatic rings. The molecule has 0 bridgehead atoms. The van der Waals surface area contributed by atoms with Crippen molar-refractivity contribution in [2.45, 2.75) is 33.2 Å². The summed E-state index contributed by atoms with van der Waals surface area (Å²) in [6, 6.07) is 20.5. The number of methoxy groups -OCH3 is 1. The Hall–Kier alpha value is -3.99. The van der Waals surface area contributed by atoms with Crippen molar-refractivity contribution in [2.24, 2.45) is 0 Å². The number of anilines is 1. The molecule has 1 aliphatic heterocycles. The first kappa shape index (κ1) is 22.8. The summed E-state index contributed by atoms with van der Waals surface area (Å²) in [6.45, 7) is 5.67. The minimum atomic E-state index is -0.524. The molecule has 2 aromatic carbocycles. The van der Waals surface area contributed by atoms with Crippen molar-refractivity contribution in [3.63, 3.8) is 0 Å². The number of carbonyl (C=O) groups excluding carboxylic acids is 2. The van der Waals surface area contributed by atoms with Gasteiger partial charge in [-0.2, -0.15) is 4.57 Å². The zero-order valence-corrected chi connectivity index (χ0v) is 20.4. The van der Waals surface area contributed by atoms with Gasteiger partial charge < -0.3 is 9.64 Å². The number of hydrogen-bond donors (Lipinski definition) is 0. The maximum absolute atomic E-state index is 13.2. The van der Waals surface area contributed by atoms with Crippen LogP contribution < -0.4 is 9.47 Å². The number of ketones is 2. The summed E-state index contributed by atoms with van der Waals surface area (Å²) in [5.41, 5.74) is 6.04. The van der Waals surface area contributed by atoms with E-state index in [9.17, 15) is 9.59 Å². The van der Waals surface area contributed by atoms with E-state index in [0.29, 0.717) is 16.9 Å². The fourth-order valence-corrected chi connectivity index (χ4v) is 5.21. The first-order valence-electron chi connectivity index (χ1n) is 12.1.